The van der Waals surface area contributed by atoms with Gasteiger partial charge in [-0.05, 0) is 57.8 Å². The first kappa shape index (κ1) is 61.1. The molecule has 3 N–H and O–H groups in total. The summed E-state index contributed by atoms with van der Waals surface area (Å²) in [5.74, 6) is -0.0744. The highest BCUT2D eigenvalue weighted by Crippen LogP contribution is 2.16. The minimum Gasteiger partial charge on any atom is -0.466 e. The summed E-state index contributed by atoms with van der Waals surface area (Å²) in [6.45, 7) is 4.84. The molecule has 6 nitrogen and oxygen atoms in total. The fourth-order valence-corrected chi connectivity index (χ4v) is 8.36. The maximum Gasteiger partial charge on any atom is 0.305 e. The Labute approximate surface area is 392 Å². The highest BCUT2D eigenvalue weighted by Gasteiger charge is 2.18. The SMILES string of the molecule is CCCC/C=C\C/C=C\CCCCCCCC(=O)OCCCCCCCCCCCCCCCCCCCCCCCC(=O)NC(CO)C(O)/C=C/CCCCCCCCCCC. The van der Waals surface area contributed by atoms with Crippen molar-refractivity contribution < 1.29 is 24.5 Å². The van der Waals surface area contributed by atoms with E-state index in [4.69, 9.17) is 4.74 Å². The van der Waals surface area contributed by atoms with E-state index in [0.29, 0.717) is 19.4 Å². The highest BCUT2D eigenvalue weighted by atomic mass is 16.5. The summed E-state index contributed by atoms with van der Waals surface area (Å²) >= 11 is 0. The largest absolute Gasteiger partial charge is 0.466 e. The number of allylic oxidation sites excluding steroid dienone is 5. The molecule has 0 spiro atoms. The standard InChI is InChI=1S/C57H107NO5/c1-3-5-7-9-11-13-15-16-27-31-35-39-43-47-51-57(62)63-52-48-44-40-36-32-28-25-23-21-19-17-18-20-22-24-26-30-34-38-42-46-50-56(61)58-54(53-59)55(60)49-45-41-37-33-29-14-12-10-8-6-4-2/h9,11,15-16,45,49,54-55,59-60H,3-8,10,12-14,17-44,46-48,50-53H2,1-2H3,(H,58,61)/b11-9-,16-15-,49-45+. The van der Waals surface area contributed by atoms with Gasteiger partial charge in [0, 0.05) is 12.8 Å². The molecule has 63 heavy (non-hydrogen) atoms. The highest BCUT2D eigenvalue weighted by molar-refractivity contribution is 5.76. The van der Waals surface area contributed by atoms with Gasteiger partial charge in [0.05, 0.1) is 25.4 Å². The number of ether oxygens (including phenoxy) is 1. The smallest absolute Gasteiger partial charge is 0.305 e. The molecule has 0 aliphatic heterocycles. The van der Waals surface area contributed by atoms with Crippen molar-refractivity contribution in [2.75, 3.05) is 13.2 Å². The van der Waals surface area contributed by atoms with E-state index in [1.165, 1.54) is 212 Å². The Morgan fingerprint density at radius 2 is 0.810 bits per heavy atom. The Kier molecular flexibility index (Phi) is 51.1. The van der Waals surface area contributed by atoms with E-state index >= 15 is 0 Å². The van der Waals surface area contributed by atoms with Crippen LogP contribution in [0.3, 0.4) is 0 Å². The lowest BCUT2D eigenvalue weighted by molar-refractivity contribution is -0.143. The second kappa shape index (κ2) is 52.7. The van der Waals surface area contributed by atoms with Crippen LogP contribution in [-0.2, 0) is 14.3 Å². The number of aliphatic hydroxyl groups is 2. The molecule has 0 saturated heterocycles. The van der Waals surface area contributed by atoms with Gasteiger partial charge in [0.25, 0.3) is 0 Å². The molecule has 0 aromatic carbocycles. The van der Waals surface area contributed by atoms with Gasteiger partial charge in [0.2, 0.25) is 5.91 Å². The maximum atomic E-state index is 12.4. The lowest BCUT2D eigenvalue weighted by Crippen LogP contribution is -2.45. The Morgan fingerprint density at radius 1 is 0.444 bits per heavy atom. The van der Waals surface area contributed by atoms with Gasteiger partial charge < -0.3 is 20.3 Å². The van der Waals surface area contributed by atoms with E-state index in [0.717, 1.165) is 51.4 Å². The average molecular weight is 886 g/mol. The number of hydrogen-bond donors (Lipinski definition) is 3. The number of carbonyl (C=O) groups excluding carboxylic acids is 2. The molecule has 1 amide bonds. The van der Waals surface area contributed by atoms with Gasteiger partial charge >= 0.3 is 5.97 Å². The predicted molar refractivity (Wildman–Crippen MR) is 273 cm³/mol. The molecule has 0 bridgehead atoms. The monoisotopic (exact) mass is 886 g/mol. The van der Waals surface area contributed by atoms with E-state index in [1.807, 2.05) is 6.08 Å². The van der Waals surface area contributed by atoms with Crippen LogP contribution < -0.4 is 5.32 Å². The molecule has 2 unspecified atom stereocenters. The van der Waals surface area contributed by atoms with Crippen molar-refractivity contribution in [3.05, 3.63) is 36.5 Å². The first-order chi connectivity index (χ1) is 31.0. The van der Waals surface area contributed by atoms with Crippen LogP contribution in [0, 0.1) is 0 Å². The first-order valence-electron chi connectivity index (χ1n) is 27.8. The Hall–Kier alpha value is -1.92. The summed E-state index contributed by atoms with van der Waals surface area (Å²) in [5.41, 5.74) is 0. The number of unbranched alkanes of at least 4 members (excludes halogenated alkanes) is 36. The Morgan fingerprint density at radius 3 is 1.25 bits per heavy atom. The summed E-state index contributed by atoms with van der Waals surface area (Å²) in [6.07, 6.45) is 64.5. The minimum atomic E-state index is -0.844. The van der Waals surface area contributed by atoms with E-state index < -0.39 is 12.1 Å². The van der Waals surface area contributed by atoms with E-state index in [9.17, 15) is 19.8 Å². The zero-order valence-corrected chi connectivity index (χ0v) is 42.1. The van der Waals surface area contributed by atoms with Gasteiger partial charge in [0.1, 0.15) is 0 Å². The first-order valence-corrected chi connectivity index (χ1v) is 27.8. The third-order valence-corrected chi connectivity index (χ3v) is 12.7. The third kappa shape index (κ3) is 49.4. The summed E-state index contributed by atoms with van der Waals surface area (Å²) in [7, 11) is 0. The van der Waals surface area contributed by atoms with Crippen LogP contribution in [0.4, 0.5) is 0 Å². The number of esters is 1. The third-order valence-electron chi connectivity index (χ3n) is 12.7. The van der Waals surface area contributed by atoms with E-state index in [-0.39, 0.29) is 18.5 Å². The van der Waals surface area contributed by atoms with Gasteiger partial charge in [-0.2, -0.15) is 0 Å². The molecule has 0 aromatic rings. The van der Waals surface area contributed by atoms with Crippen LogP contribution in [0.5, 0.6) is 0 Å². The summed E-state index contributed by atoms with van der Waals surface area (Å²) in [4.78, 5) is 24.4. The Balaban J connectivity index is 3.40. The zero-order valence-electron chi connectivity index (χ0n) is 42.1. The molecule has 0 rings (SSSR count). The quantitative estimate of drug-likeness (QED) is 0.0321. The number of carbonyl (C=O) groups is 2. The van der Waals surface area contributed by atoms with Crippen molar-refractivity contribution in [3.8, 4) is 0 Å². The van der Waals surface area contributed by atoms with Crippen LogP contribution in [0.1, 0.15) is 290 Å². The lowest BCUT2D eigenvalue weighted by Gasteiger charge is -2.20. The topological polar surface area (TPSA) is 95.9 Å². The van der Waals surface area contributed by atoms with Gasteiger partial charge in [0.15, 0.2) is 0 Å². The van der Waals surface area contributed by atoms with E-state index in [1.54, 1.807) is 6.08 Å². The van der Waals surface area contributed by atoms with Gasteiger partial charge in [-0.25, -0.2) is 0 Å². The number of rotatable bonds is 51. The molecule has 0 fully saturated rings. The minimum absolute atomic E-state index is 0.00378. The number of nitrogens with one attached hydrogen (secondary N) is 1. The van der Waals surface area contributed by atoms with Crippen LogP contribution >= 0.6 is 0 Å². The number of amides is 1. The van der Waals surface area contributed by atoms with Gasteiger partial charge in [-0.3, -0.25) is 9.59 Å². The molecule has 2 atom stereocenters. The summed E-state index contributed by atoms with van der Waals surface area (Å²) < 4.78 is 5.47. The van der Waals surface area contributed by atoms with Crippen LogP contribution in [0.15, 0.2) is 36.5 Å². The molecule has 0 aliphatic rings. The lowest BCUT2D eigenvalue weighted by atomic mass is 10.0. The normalized spacial score (nSPS) is 12.9. The number of hydrogen-bond acceptors (Lipinski definition) is 5. The molecule has 6 heteroatoms. The molecular formula is C57H107NO5. The molecule has 0 heterocycles. The molecule has 370 valence electrons. The second-order valence-electron chi connectivity index (χ2n) is 18.9. The van der Waals surface area contributed by atoms with Crippen LogP contribution in [-0.4, -0.2) is 47.4 Å². The fraction of sp³-hybridized carbons (Fsp3) is 0.860. The molecule has 0 aliphatic carbocycles. The molecule has 0 radical (unpaired) electrons. The van der Waals surface area contributed by atoms with Crippen LogP contribution in [0.25, 0.3) is 0 Å². The molecule has 0 saturated carbocycles. The fourth-order valence-electron chi connectivity index (χ4n) is 8.36. The summed E-state index contributed by atoms with van der Waals surface area (Å²) in [5, 5.41) is 23.0. The van der Waals surface area contributed by atoms with Crippen molar-refractivity contribution >= 4 is 11.9 Å². The summed E-state index contributed by atoms with van der Waals surface area (Å²) in [6, 6.07) is -0.627. The van der Waals surface area contributed by atoms with Gasteiger partial charge in [-0.1, -0.05) is 256 Å². The maximum absolute atomic E-state index is 12.4. The van der Waals surface area contributed by atoms with Crippen molar-refractivity contribution in [1.82, 2.24) is 5.32 Å². The zero-order chi connectivity index (χ0) is 45.8. The second-order valence-corrected chi connectivity index (χ2v) is 18.9. The van der Waals surface area contributed by atoms with Crippen LogP contribution in [0.2, 0.25) is 0 Å². The number of aliphatic hydroxyl groups excluding tert-OH is 2. The van der Waals surface area contributed by atoms with Crippen molar-refractivity contribution in [3.63, 3.8) is 0 Å². The predicted octanol–water partition coefficient (Wildman–Crippen LogP) is 16.9. The average Bonchev–Trinajstić information content (AvgIpc) is 3.28. The van der Waals surface area contributed by atoms with Gasteiger partial charge in [-0.15, -0.1) is 0 Å². The van der Waals surface area contributed by atoms with Crippen molar-refractivity contribution in [2.24, 2.45) is 0 Å². The molecular weight excluding hydrogens is 779 g/mol. The van der Waals surface area contributed by atoms with E-state index in [2.05, 4.69) is 43.5 Å². The molecule has 0 aromatic heterocycles. The Bertz CT molecular complexity index is 1020. The van der Waals surface area contributed by atoms with Crippen molar-refractivity contribution in [1.29, 1.82) is 0 Å². The van der Waals surface area contributed by atoms with Crippen molar-refractivity contribution in [2.45, 2.75) is 302 Å².